The number of benzene rings is 1. The molecule has 0 N–H and O–H groups in total. The summed E-state index contributed by atoms with van der Waals surface area (Å²) in [6.45, 7) is 1.98. The van der Waals surface area contributed by atoms with E-state index in [1.807, 2.05) is 31.2 Å². The minimum Gasteiger partial charge on any atom is -0.455 e. The molecule has 2 aromatic rings. The van der Waals surface area contributed by atoms with Gasteiger partial charge in [-0.1, -0.05) is 29.8 Å². The molecule has 2 bridgehead atoms. The topological polar surface area (TPSA) is 62.9 Å². The Labute approximate surface area is 173 Å². The molecule has 2 heterocycles. The van der Waals surface area contributed by atoms with Crippen LogP contribution < -0.4 is 0 Å². The predicted molar refractivity (Wildman–Crippen MR) is 108 cm³/mol. The number of hydrazone groups is 1. The van der Waals surface area contributed by atoms with Gasteiger partial charge in [-0.25, -0.2) is 0 Å². The number of hydrogen-bond acceptors (Lipinski definition) is 4. The van der Waals surface area contributed by atoms with Crippen molar-refractivity contribution in [3.8, 4) is 11.3 Å². The number of nitrogens with zero attached hydrogens (tertiary/aromatic N) is 2. The Morgan fingerprint density at radius 3 is 2.45 bits per heavy atom. The van der Waals surface area contributed by atoms with Gasteiger partial charge in [-0.3, -0.25) is 9.59 Å². The van der Waals surface area contributed by atoms with Crippen molar-refractivity contribution in [2.75, 3.05) is 0 Å². The molecule has 0 unspecified atom stereocenters. The number of imide groups is 1. The molecular formula is C23H19ClN2O3. The van der Waals surface area contributed by atoms with Crippen LogP contribution in [0, 0.1) is 42.4 Å². The third-order valence-corrected chi connectivity index (χ3v) is 7.27. The maximum Gasteiger partial charge on any atom is 0.254 e. The van der Waals surface area contributed by atoms with E-state index >= 15 is 0 Å². The highest BCUT2D eigenvalue weighted by Crippen LogP contribution is 2.65. The van der Waals surface area contributed by atoms with Gasteiger partial charge in [-0.05, 0) is 66.8 Å². The van der Waals surface area contributed by atoms with E-state index in [-0.39, 0.29) is 35.5 Å². The number of allylic oxidation sites excluding steroid dienone is 2. The summed E-state index contributed by atoms with van der Waals surface area (Å²) in [7, 11) is 0. The Bertz CT molecular complexity index is 1080. The molecule has 146 valence electrons. The molecule has 0 spiro atoms. The lowest BCUT2D eigenvalue weighted by atomic mass is 9.63. The summed E-state index contributed by atoms with van der Waals surface area (Å²) in [5.41, 5.74) is 1.95. The van der Waals surface area contributed by atoms with Gasteiger partial charge in [0.05, 0.1) is 18.1 Å². The number of halogens is 1. The van der Waals surface area contributed by atoms with Gasteiger partial charge in [-0.15, -0.1) is 0 Å². The highest BCUT2D eigenvalue weighted by atomic mass is 35.5. The summed E-state index contributed by atoms with van der Waals surface area (Å²) in [4.78, 5) is 25.9. The Hall–Kier alpha value is -2.66. The zero-order chi connectivity index (χ0) is 19.9. The van der Waals surface area contributed by atoms with Crippen LogP contribution in [0.25, 0.3) is 11.3 Å². The quantitative estimate of drug-likeness (QED) is 0.434. The molecule has 4 aliphatic carbocycles. The van der Waals surface area contributed by atoms with Crippen LogP contribution in [0.4, 0.5) is 0 Å². The lowest BCUT2D eigenvalue weighted by molar-refractivity contribution is -0.140. The summed E-state index contributed by atoms with van der Waals surface area (Å²) < 4.78 is 5.86. The minimum absolute atomic E-state index is 0.168. The highest BCUT2D eigenvalue weighted by Gasteiger charge is 2.67. The van der Waals surface area contributed by atoms with Gasteiger partial charge >= 0.3 is 0 Å². The van der Waals surface area contributed by atoms with E-state index in [1.54, 1.807) is 6.07 Å². The number of aryl methyl sites for hydroxylation is 1. The first kappa shape index (κ1) is 17.2. The molecule has 7 rings (SSSR count). The molecule has 1 saturated heterocycles. The summed E-state index contributed by atoms with van der Waals surface area (Å²) >= 11 is 6.10. The van der Waals surface area contributed by atoms with Gasteiger partial charge in [0.2, 0.25) is 0 Å². The van der Waals surface area contributed by atoms with E-state index in [9.17, 15) is 9.59 Å². The predicted octanol–water partition coefficient (Wildman–Crippen LogP) is 4.30. The summed E-state index contributed by atoms with van der Waals surface area (Å²) in [5.74, 6) is 1.91. The van der Waals surface area contributed by atoms with E-state index in [0.717, 1.165) is 22.6 Å². The van der Waals surface area contributed by atoms with Crippen molar-refractivity contribution in [1.82, 2.24) is 5.01 Å². The zero-order valence-corrected chi connectivity index (χ0v) is 16.5. The van der Waals surface area contributed by atoms with Crippen LogP contribution in [0.15, 0.2) is 52.0 Å². The van der Waals surface area contributed by atoms with E-state index < -0.39 is 0 Å². The fourth-order valence-electron chi connectivity index (χ4n) is 5.60. The molecule has 1 aliphatic heterocycles. The molecule has 6 atom stereocenters. The second-order valence-electron chi connectivity index (χ2n) is 8.55. The number of rotatable bonds is 3. The van der Waals surface area contributed by atoms with Crippen molar-refractivity contribution < 1.29 is 14.0 Å². The molecule has 5 aliphatic rings. The van der Waals surface area contributed by atoms with Crippen LogP contribution in [-0.4, -0.2) is 23.0 Å². The molecular weight excluding hydrogens is 388 g/mol. The first-order valence-corrected chi connectivity index (χ1v) is 10.4. The Balaban J connectivity index is 1.26. The van der Waals surface area contributed by atoms with Crippen molar-refractivity contribution in [3.05, 3.63) is 58.8 Å². The third-order valence-electron chi connectivity index (χ3n) is 7.03. The number of hydrogen-bond donors (Lipinski definition) is 0. The maximum atomic E-state index is 12.9. The van der Waals surface area contributed by atoms with Gasteiger partial charge in [-0.2, -0.15) is 10.1 Å². The Morgan fingerprint density at radius 2 is 1.76 bits per heavy atom. The lowest BCUT2D eigenvalue weighted by Crippen LogP contribution is -2.40. The fraction of sp³-hybridized carbons (Fsp3) is 0.348. The normalized spacial score (nSPS) is 34.2. The summed E-state index contributed by atoms with van der Waals surface area (Å²) in [6.07, 6.45) is 6.92. The first-order chi connectivity index (χ1) is 14.0. The van der Waals surface area contributed by atoms with Crippen LogP contribution in [0.5, 0.6) is 0 Å². The molecule has 6 heteroatoms. The van der Waals surface area contributed by atoms with Crippen molar-refractivity contribution in [2.45, 2.75) is 13.3 Å². The lowest BCUT2D eigenvalue weighted by Gasteiger charge is -2.37. The minimum atomic E-state index is -0.236. The Morgan fingerprint density at radius 1 is 1.07 bits per heavy atom. The standard InChI is InChI=1S/C23H19ClN2O3/c1-11-2-3-12(24)8-16(11)19-7-4-13(29-19)10-25-26-22(27)20-14-5-6-15(18-9-17(14)18)21(20)23(26)28/h2-8,10,14-15,17-18,20-21H,9H2,1H3/b25-10+/t14-,15-,17-,18-,20+,21+/m1/s1. The maximum absolute atomic E-state index is 12.9. The summed E-state index contributed by atoms with van der Waals surface area (Å²) in [5, 5.41) is 5.93. The van der Waals surface area contributed by atoms with Crippen molar-refractivity contribution in [1.29, 1.82) is 0 Å². The fourth-order valence-corrected chi connectivity index (χ4v) is 5.77. The average Bonchev–Trinajstić information content (AvgIpc) is 3.36. The van der Waals surface area contributed by atoms with Crippen LogP contribution in [0.1, 0.15) is 17.7 Å². The third kappa shape index (κ3) is 2.43. The van der Waals surface area contributed by atoms with E-state index in [4.69, 9.17) is 16.0 Å². The molecule has 1 aromatic carbocycles. The largest absolute Gasteiger partial charge is 0.455 e. The number of carbonyl (C=O) groups excluding carboxylic acids is 2. The van der Waals surface area contributed by atoms with E-state index in [2.05, 4.69) is 17.3 Å². The number of furan rings is 1. The summed E-state index contributed by atoms with van der Waals surface area (Å²) in [6, 6.07) is 9.23. The Kier molecular flexibility index (Phi) is 3.52. The first-order valence-electron chi connectivity index (χ1n) is 9.99. The molecule has 2 saturated carbocycles. The van der Waals surface area contributed by atoms with Gasteiger partial charge in [0.15, 0.2) is 0 Å². The van der Waals surface area contributed by atoms with Crippen LogP contribution in [-0.2, 0) is 9.59 Å². The second-order valence-corrected chi connectivity index (χ2v) is 8.99. The second kappa shape index (κ2) is 5.92. The molecule has 5 nitrogen and oxygen atoms in total. The van der Waals surface area contributed by atoms with Gasteiger partial charge < -0.3 is 4.42 Å². The molecule has 1 aromatic heterocycles. The molecule has 3 fully saturated rings. The average molecular weight is 407 g/mol. The highest BCUT2D eigenvalue weighted by molar-refractivity contribution is 6.30. The van der Waals surface area contributed by atoms with Crippen molar-refractivity contribution >= 4 is 29.6 Å². The van der Waals surface area contributed by atoms with Gasteiger partial charge in [0.1, 0.15) is 11.5 Å². The van der Waals surface area contributed by atoms with Crippen LogP contribution >= 0.6 is 11.6 Å². The molecule has 0 radical (unpaired) electrons. The van der Waals surface area contributed by atoms with Crippen LogP contribution in [0.2, 0.25) is 5.02 Å². The monoisotopic (exact) mass is 406 g/mol. The smallest absolute Gasteiger partial charge is 0.254 e. The molecule has 29 heavy (non-hydrogen) atoms. The van der Waals surface area contributed by atoms with Crippen molar-refractivity contribution in [2.24, 2.45) is 40.6 Å². The van der Waals surface area contributed by atoms with Gasteiger partial charge in [0, 0.05) is 10.6 Å². The van der Waals surface area contributed by atoms with Gasteiger partial charge in [0.25, 0.3) is 11.8 Å². The number of carbonyl (C=O) groups is 2. The SMILES string of the molecule is Cc1ccc(Cl)cc1-c1ccc(/C=N/N2C(=O)[C@H]3[C@@H]4C=C[C@H]([C@H]5C[C@H]45)[C@@H]3C2=O)o1. The zero-order valence-electron chi connectivity index (χ0n) is 15.8. The van der Waals surface area contributed by atoms with E-state index in [1.165, 1.54) is 6.21 Å². The van der Waals surface area contributed by atoms with Crippen molar-refractivity contribution in [3.63, 3.8) is 0 Å². The molecule has 2 amide bonds. The van der Waals surface area contributed by atoms with E-state index in [0.29, 0.717) is 28.4 Å². The van der Waals surface area contributed by atoms with Crippen LogP contribution in [0.3, 0.4) is 0 Å². The number of amides is 2.